The normalized spacial score (nSPS) is 30.2. The van der Waals surface area contributed by atoms with Crippen LogP contribution in [0.25, 0.3) is 10.8 Å². The van der Waals surface area contributed by atoms with E-state index >= 15 is 0 Å². The van der Waals surface area contributed by atoms with Gasteiger partial charge in [-0.1, -0.05) is 30.3 Å². The molecule has 0 radical (unpaired) electrons. The van der Waals surface area contributed by atoms with Crippen LogP contribution in [0.5, 0.6) is 0 Å². The minimum Gasteiger partial charge on any atom is -0.330 e. The molecule has 3 aliphatic rings. The predicted octanol–water partition coefficient (Wildman–Crippen LogP) is 1.92. The number of rotatable bonds is 3. The molecule has 1 heterocycles. The van der Waals surface area contributed by atoms with Gasteiger partial charge in [-0.3, -0.25) is 0 Å². The van der Waals surface area contributed by atoms with Crippen LogP contribution in [0.2, 0.25) is 0 Å². The Morgan fingerprint density at radius 2 is 1.69 bits per heavy atom. The average molecular weight is 372 g/mol. The van der Waals surface area contributed by atoms with E-state index in [2.05, 4.69) is 0 Å². The summed E-state index contributed by atoms with van der Waals surface area (Å²) in [5.74, 6) is 1.86. The summed E-state index contributed by atoms with van der Waals surface area (Å²) in [4.78, 5) is 2.08. The Morgan fingerprint density at radius 3 is 2.38 bits per heavy atom. The summed E-state index contributed by atoms with van der Waals surface area (Å²) in [7, 11) is -3.39. The molecule has 2 bridgehead atoms. The van der Waals surface area contributed by atoms with Crippen LogP contribution in [0.4, 0.5) is 0 Å². The van der Waals surface area contributed by atoms with Gasteiger partial charge >= 0.3 is 0 Å². The first-order chi connectivity index (χ1) is 12.6. The van der Waals surface area contributed by atoms with E-state index in [-0.39, 0.29) is 0 Å². The van der Waals surface area contributed by atoms with Gasteiger partial charge in [0, 0.05) is 12.3 Å². The molecule has 0 amide bonds. The Hall–Kier alpha value is -1.43. The zero-order valence-electron chi connectivity index (χ0n) is 15.1. The maximum atomic E-state index is 13.1. The van der Waals surface area contributed by atoms with Gasteiger partial charge in [-0.15, -0.1) is 0 Å². The number of nitrogens with zero attached hydrogens (tertiary/aromatic N) is 1. The van der Waals surface area contributed by atoms with Gasteiger partial charge in [0.2, 0.25) is 10.0 Å². The Bertz CT molecular complexity index is 919. The van der Waals surface area contributed by atoms with Crippen LogP contribution in [0, 0.1) is 11.8 Å². The van der Waals surface area contributed by atoms with E-state index in [0.717, 1.165) is 41.7 Å². The van der Waals surface area contributed by atoms with E-state index in [1.54, 1.807) is 15.3 Å². The van der Waals surface area contributed by atoms with E-state index in [1.165, 1.54) is 25.7 Å². The first kappa shape index (κ1) is 16.7. The third-order valence-corrected chi connectivity index (χ3v) is 8.88. The Morgan fingerprint density at radius 1 is 0.923 bits per heavy atom. The highest BCUT2D eigenvalue weighted by Gasteiger charge is 2.46. The van der Waals surface area contributed by atoms with Gasteiger partial charge in [-0.25, -0.2) is 8.42 Å². The molecule has 3 fully saturated rings. The molecule has 1 saturated heterocycles. The van der Waals surface area contributed by atoms with Gasteiger partial charge in [0.05, 0.1) is 37.1 Å². The third-order valence-electron chi connectivity index (χ3n) is 6.99. The molecule has 0 spiro atoms. The van der Waals surface area contributed by atoms with Crippen LogP contribution in [0.3, 0.4) is 0 Å². The molecule has 138 valence electrons. The highest BCUT2D eigenvalue weighted by atomic mass is 32.2. The molecule has 2 aliphatic carbocycles. The van der Waals surface area contributed by atoms with Crippen LogP contribution >= 0.6 is 0 Å². The van der Waals surface area contributed by atoms with Gasteiger partial charge < -0.3 is 4.90 Å². The van der Waals surface area contributed by atoms with Gasteiger partial charge in [-0.05, 0) is 48.1 Å². The fourth-order valence-electron chi connectivity index (χ4n) is 5.61. The van der Waals surface area contributed by atoms with E-state index in [9.17, 15) is 8.42 Å². The summed E-state index contributed by atoms with van der Waals surface area (Å²) in [5.41, 5.74) is 0. The summed E-state index contributed by atoms with van der Waals surface area (Å²) >= 11 is 0. The lowest BCUT2D eigenvalue weighted by Crippen LogP contribution is -3.18. The number of fused-ring (bicyclic) bond motifs is 3. The second-order valence-electron chi connectivity index (χ2n) is 8.35. The molecule has 3 atom stereocenters. The second-order valence-corrected chi connectivity index (χ2v) is 10.3. The van der Waals surface area contributed by atoms with E-state index in [1.807, 2.05) is 36.4 Å². The quantitative estimate of drug-likeness (QED) is 0.896. The second kappa shape index (κ2) is 6.32. The van der Waals surface area contributed by atoms with Gasteiger partial charge in [-0.2, -0.15) is 4.31 Å². The van der Waals surface area contributed by atoms with Crippen molar-refractivity contribution >= 4 is 20.8 Å². The molecule has 5 rings (SSSR count). The lowest BCUT2D eigenvalue weighted by molar-refractivity contribution is -0.932. The fourth-order valence-corrected chi connectivity index (χ4v) is 7.08. The van der Waals surface area contributed by atoms with Crippen LogP contribution in [-0.4, -0.2) is 44.9 Å². The summed E-state index contributed by atoms with van der Waals surface area (Å²) < 4.78 is 27.9. The minimum absolute atomic E-state index is 0.430. The first-order valence-corrected chi connectivity index (χ1v) is 11.4. The van der Waals surface area contributed by atoms with Gasteiger partial charge in [0.25, 0.3) is 0 Å². The van der Waals surface area contributed by atoms with Crippen molar-refractivity contribution in [2.45, 2.75) is 36.6 Å². The standard InChI is InChI=1S/C21H26N2O2S/c24-26(25,20-8-7-17-3-1-2-4-18(17)15-20)23-11-9-22(10-12-23)21-14-16-5-6-19(21)13-16/h1-4,7-8,15-16,19,21H,5-6,9-14H2/p+1/t16-,19+,21+/m0/s1. The largest absolute Gasteiger partial charge is 0.330 e. The van der Waals surface area contributed by atoms with Crippen molar-refractivity contribution < 1.29 is 13.3 Å². The smallest absolute Gasteiger partial charge is 0.243 e. The van der Waals surface area contributed by atoms with Crippen molar-refractivity contribution in [3.05, 3.63) is 42.5 Å². The number of hydrogen-bond acceptors (Lipinski definition) is 2. The van der Waals surface area contributed by atoms with Crippen molar-refractivity contribution in [2.24, 2.45) is 11.8 Å². The van der Waals surface area contributed by atoms with Crippen LogP contribution < -0.4 is 4.90 Å². The lowest BCUT2D eigenvalue weighted by Gasteiger charge is -2.37. The Balaban J connectivity index is 1.31. The number of nitrogens with one attached hydrogen (secondary N) is 1. The zero-order chi connectivity index (χ0) is 17.7. The first-order valence-electron chi connectivity index (χ1n) is 9.95. The van der Waals surface area contributed by atoms with Crippen molar-refractivity contribution in [1.82, 2.24) is 4.31 Å². The molecule has 4 nitrogen and oxygen atoms in total. The van der Waals surface area contributed by atoms with Gasteiger partial charge in [0.15, 0.2) is 0 Å². The molecule has 0 aromatic heterocycles. The molecule has 0 unspecified atom stereocenters. The summed E-state index contributed by atoms with van der Waals surface area (Å²) in [6, 6.07) is 14.2. The Kier molecular flexibility index (Phi) is 4.07. The van der Waals surface area contributed by atoms with Gasteiger partial charge in [0.1, 0.15) is 0 Å². The number of benzene rings is 2. The van der Waals surface area contributed by atoms with E-state index < -0.39 is 10.0 Å². The SMILES string of the molecule is O=S(=O)(c1ccc2ccccc2c1)N1CC[NH+]([C@@H]2C[C@H]3CC[C@@H]2C3)CC1. The van der Waals surface area contributed by atoms with Crippen molar-refractivity contribution in [3.8, 4) is 0 Å². The molecule has 26 heavy (non-hydrogen) atoms. The molecule has 1 N–H and O–H groups in total. The van der Waals surface area contributed by atoms with Crippen LogP contribution in [-0.2, 0) is 10.0 Å². The van der Waals surface area contributed by atoms with E-state index in [4.69, 9.17) is 0 Å². The monoisotopic (exact) mass is 371 g/mol. The third kappa shape index (κ3) is 2.77. The lowest BCUT2D eigenvalue weighted by atomic mass is 9.93. The summed E-state index contributed by atoms with van der Waals surface area (Å²) in [5, 5.41) is 2.07. The molecule has 2 aromatic rings. The fraction of sp³-hybridized carbons (Fsp3) is 0.524. The maximum absolute atomic E-state index is 13.1. The molecule has 2 aromatic carbocycles. The summed E-state index contributed by atoms with van der Waals surface area (Å²) in [6.45, 7) is 3.22. The topological polar surface area (TPSA) is 41.8 Å². The molecular formula is C21H27N2O2S+. The van der Waals surface area contributed by atoms with Crippen molar-refractivity contribution in [2.75, 3.05) is 26.2 Å². The van der Waals surface area contributed by atoms with Crippen LogP contribution in [0.15, 0.2) is 47.4 Å². The number of piperazine rings is 1. The Labute approximate surface area is 155 Å². The highest BCUT2D eigenvalue weighted by Crippen LogP contribution is 2.43. The number of sulfonamides is 1. The maximum Gasteiger partial charge on any atom is 0.243 e. The summed E-state index contributed by atoms with van der Waals surface area (Å²) in [6.07, 6.45) is 5.62. The average Bonchev–Trinajstić information content (AvgIpc) is 3.31. The number of quaternary nitrogens is 1. The zero-order valence-corrected chi connectivity index (χ0v) is 15.9. The molecule has 5 heteroatoms. The molecule has 2 saturated carbocycles. The van der Waals surface area contributed by atoms with Crippen LogP contribution in [0.1, 0.15) is 25.7 Å². The van der Waals surface area contributed by atoms with Crippen molar-refractivity contribution in [1.29, 1.82) is 0 Å². The predicted molar refractivity (Wildman–Crippen MR) is 103 cm³/mol. The van der Waals surface area contributed by atoms with E-state index in [0.29, 0.717) is 18.0 Å². The van der Waals surface area contributed by atoms with Crippen molar-refractivity contribution in [3.63, 3.8) is 0 Å². The number of hydrogen-bond donors (Lipinski definition) is 1. The highest BCUT2D eigenvalue weighted by molar-refractivity contribution is 7.89. The minimum atomic E-state index is -3.39. The molecule has 1 aliphatic heterocycles. The molecular weight excluding hydrogens is 344 g/mol.